The van der Waals surface area contributed by atoms with Gasteiger partial charge in [-0.25, -0.2) is 0 Å². The molecule has 6 unspecified atom stereocenters. The maximum atomic E-state index is 9.60. The van der Waals surface area contributed by atoms with Gasteiger partial charge in [-0.2, -0.15) is 10.5 Å². The predicted octanol–water partition coefficient (Wildman–Crippen LogP) is 8.82. The van der Waals surface area contributed by atoms with Gasteiger partial charge >= 0.3 is 0 Å². The van der Waals surface area contributed by atoms with E-state index < -0.39 is 0 Å². The van der Waals surface area contributed by atoms with Crippen LogP contribution in [0.4, 0.5) is 0 Å². The van der Waals surface area contributed by atoms with Crippen molar-refractivity contribution in [3.05, 3.63) is 175 Å². The van der Waals surface area contributed by atoms with Gasteiger partial charge in [-0.3, -0.25) is 0 Å². The number of nitriles is 2. The van der Waals surface area contributed by atoms with E-state index in [0.717, 1.165) is 49.7 Å². The van der Waals surface area contributed by atoms with Gasteiger partial charge < -0.3 is 0 Å². The lowest BCUT2D eigenvalue weighted by molar-refractivity contribution is 0.430. The van der Waals surface area contributed by atoms with E-state index in [1.54, 1.807) is 11.1 Å². The summed E-state index contributed by atoms with van der Waals surface area (Å²) in [7, 11) is 0. The summed E-state index contributed by atoms with van der Waals surface area (Å²) in [5.41, 5.74) is 13.5. The maximum absolute atomic E-state index is 9.60. The zero-order chi connectivity index (χ0) is 32.2. The molecule has 2 nitrogen and oxygen atoms in total. The van der Waals surface area contributed by atoms with Gasteiger partial charge in [0.2, 0.25) is 0 Å². The molecule has 0 radical (unpaired) electrons. The van der Waals surface area contributed by atoms with Gasteiger partial charge in [0, 0.05) is 34.8 Å². The molecule has 0 saturated heterocycles. The average molecular weight is 619 g/mol. The van der Waals surface area contributed by atoms with Crippen LogP contribution in [0.15, 0.2) is 165 Å². The van der Waals surface area contributed by atoms with Crippen molar-refractivity contribution < 1.29 is 0 Å². The molecule has 0 saturated carbocycles. The third kappa shape index (κ3) is 4.74. The van der Waals surface area contributed by atoms with E-state index in [0.29, 0.717) is 29.6 Å². The molecule has 48 heavy (non-hydrogen) atoms. The topological polar surface area (TPSA) is 47.6 Å². The minimum Gasteiger partial charge on any atom is -0.192 e. The Kier molecular flexibility index (Phi) is 7.13. The minimum atomic E-state index is 0.285. The Morgan fingerprint density at radius 2 is 1.40 bits per heavy atom. The van der Waals surface area contributed by atoms with E-state index in [1.807, 2.05) is 6.08 Å². The summed E-state index contributed by atoms with van der Waals surface area (Å²) in [5, 5.41) is 21.8. The quantitative estimate of drug-likeness (QED) is 0.339. The molecule has 232 valence electrons. The fraction of sp³-hybridized carbons (Fsp3) is 0.261. The molecule has 8 aliphatic rings. The fourth-order valence-corrected chi connectivity index (χ4v) is 9.55. The first-order valence-corrected chi connectivity index (χ1v) is 17.7. The Labute approximate surface area is 283 Å². The standard InChI is InChI=1S/C46H38N2/c47-27-29-9-13-32(14-10-29)38-21-19-34-20-22-41-43(33-15-11-30(28-48)12-16-33)26-44(42-24-23-40(38)45(34)46(41)42)39-8-4-3-7-37(39)36-18-17-31-5-1-2-6-35(31)25-36/h1-3,5-7,9-13,15,17,19-25,32-34,36,43,45H,4,8,14,16,18,26H2. The Balaban J connectivity index is 1.22. The van der Waals surface area contributed by atoms with E-state index in [2.05, 4.69) is 128 Å². The van der Waals surface area contributed by atoms with Crippen molar-refractivity contribution in [3.8, 4) is 12.1 Å². The van der Waals surface area contributed by atoms with E-state index in [-0.39, 0.29) is 5.92 Å². The Hall–Kier alpha value is -5.18. The highest BCUT2D eigenvalue weighted by Gasteiger charge is 2.43. The van der Waals surface area contributed by atoms with Gasteiger partial charge in [-0.05, 0) is 118 Å². The van der Waals surface area contributed by atoms with Crippen LogP contribution in [0.5, 0.6) is 0 Å². The van der Waals surface area contributed by atoms with Crippen LogP contribution in [0.2, 0.25) is 0 Å². The summed E-state index contributed by atoms with van der Waals surface area (Å²) >= 11 is 0. The first-order chi connectivity index (χ1) is 23.7. The second-order valence-electron chi connectivity index (χ2n) is 14.3. The Bertz CT molecular complexity index is 2230. The molecule has 0 fully saturated rings. The number of rotatable bonds is 4. The summed E-state index contributed by atoms with van der Waals surface area (Å²) < 4.78 is 0. The van der Waals surface area contributed by atoms with Crippen LogP contribution in [-0.4, -0.2) is 0 Å². The number of hydrogen-bond donors (Lipinski definition) is 0. The molecular formula is C46H38N2. The molecule has 0 heterocycles. The van der Waals surface area contributed by atoms with Gasteiger partial charge in [0.05, 0.1) is 12.1 Å². The smallest absolute Gasteiger partial charge is 0.0988 e. The summed E-state index contributed by atoms with van der Waals surface area (Å²) in [5.74, 6) is 2.03. The number of allylic oxidation sites excluding steroid dienone is 24. The number of nitrogens with zero attached hydrogens (tertiary/aromatic N) is 2. The van der Waals surface area contributed by atoms with Gasteiger partial charge in [0.1, 0.15) is 0 Å². The maximum Gasteiger partial charge on any atom is 0.0988 e. The fourth-order valence-electron chi connectivity index (χ4n) is 9.55. The van der Waals surface area contributed by atoms with Crippen LogP contribution in [0.3, 0.4) is 0 Å². The number of hydrogen-bond acceptors (Lipinski definition) is 2. The summed E-state index contributed by atoms with van der Waals surface area (Å²) in [6.07, 6.45) is 43.2. The van der Waals surface area contributed by atoms with Crippen LogP contribution in [0, 0.1) is 58.2 Å². The predicted molar refractivity (Wildman–Crippen MR) is 194 cm³/mol. The van der Waals surface area contributed by atoms with Crippen molar-refractivity contribution >= 4 is 12.2 Å². The largest absolute Gasteiger partial charge is 0.192 e. The molecule has 0 spiro atoms. The third-order valence-corrected chi connectivity index (χ3v) is 11.9. The monoisotopic (exact) mass is 618 g/mol. The molecular weight excluding hydrogens is 581 g/mol. The number of benzene rings is 1. The summed E-state index contributed by atoms with van der Waals surface area (Å²) in [6.45, 7) is 0. The normalized spacial score (nSPS) is 31.0. The van der Waals surface area contributed by atoms with Gasteiger partial charge in [0.25, 0.3) is 0 Å². The van der Waals surface area contributed by atoms with E-state index in [1.165, 1.54) is 43.9 Å². The van der Waals surface area contributed by atoms with Crippen molar-refractivity contribution in [3.63, 3.8) is 0 Å². The van der Waals surface area contributed by atoms with Crippen LogP contribution < -0.4 is 10.4 Å². The number of fused-ring (bicyclic) bond motifs is 1. The highest BCUT2D eigenvalue weighted by molar-refractivity contribution is 5.69. The lowest BCUT2D eigenvalue weighted by atomic mass is 9.58. The van der Waals surface area contributed by atoms with Crippen LogP contribution >= 0.6 is 0 Å². The minimum absolute atomic E-state index is 0.285. The molecule has 0 aromatic heterocycles. The molecule has 0 bridgehead atoms. The zero-order valence-corrected chi connectivity index (χ0v) is 27.1. The van der Waals surface area contributed by atoms with Gasteiger partial charge in [-0.15, -0.1) is 0 Å². The van der Waals surface area contributed by atoms with Crippen molar-refractivity contribution in [2.24, 2.45) is 35.5 Å². The summed E-state index contributed by atoms with van der Waals surface area (Å²) in [4.78, 5) is 0. The van der Waals surface area contributed by atoms with Gasteiger partial charge in [-0.1, -0.05) is 109 Å². The lowest BCUT2D eigenvalue weighted by Gasteiger charge is -2.45. The summed E-state index contributed by atoms with van der Waals surface area (Å²) in [6, 6.07) is 13.5. The zero-order valence-electron chi connectivity index (χ0n) is 27.1. The Morgan fingerprint density at radius 3 is 2.17 bits per heavy atom. The molecule has 0 amide bonds. The first-order valence-electron chi connectivity index (χ1n) is 17.7. The highest BCUT2D eigenvalue weighted by atomic mass is 14.5. The van der Waals surface area contributed by atoms with E-state index in [9.17, 15) is 10.5 Å². The molecule has 0 N–H and O–H groups in total. The molecule has 1 aromatic rings. The van der Waals surface area contributed by atoms with Crippen molar-refractivity contribution in [1.82, 2.24) is 0 Å². The average Bonchev–Trinajstić information content (AvgIpc) is 3.16. The Morgan fingerprint density at radius 1 is 0.625 bits per heavy atom. The molecule has 8 aliphatic carbocycles. The molecule has 1 aromatic carbocycles. The van der Waals surface area contributed by atoms with Crippen LogP contribution in [0.25, 0.3) is 12.2 Å². The highest BCUT2D eigenvalue weighted by Crippen LogP contribution is 2.56. The van der Waals surface area contributed by atoms with Crippen LogP contribution in [-0.2, 0) is 0 Å². The van der Waals surface area contributed by atoms with E-state index in [4.69, 9.17) is 0 Å². The second-order valence-corrected chi connectivity index (χ2v) is 14.3. The van der Waals surface area contributed by atoms with Crippen molar-refractivity contribution in [2.75, 3.05) is 0 Å². The SMILES string of the molecule is N#CC1=CCC(C2=C3C=CC4=C(C5=C(C6C=c7ccccc7=CC6)C=CCC5)CC(C5C=CC(C#N)=CC5)C5=C4C3C(C=C2)C=C5)C=C1. The first kappa shape index (κ1) is 29.0. The van der Waals surface area contributed by atoms with Crippen LogP contribution in [0.1, 0.15) is 38.5 Å². The van der Waals surface area contributed by atoms with Crippen molar-refractivity contribution in [2.45, 2.75) is 38.5 Å². The molecule has 6 atom stereocenters. The third-order valence-electron chi connectivity index (χ3n) is 11.9. The molecule has 0 aliphatic heterocycles. The lowest BCUT2D eigenvalue weighted by Crippen LogP contribution is -2.33. The molecule has 9 rings (SSSR count). The van der Waals surface area contributed by atoms with Gasteiger partial charge in [0.15, 0.2) is 0 Å². The molecule has 2 heteroatoms. The van der Waals surface area contributed by atoms with E-state index >= 15 is 0 Å². The van der Waals surface area contributed by atoms with Crippen molar-refractivity contribution in [1.29, 1.82) is 10.5 Å². The second kappa shape index (κ2) is 11.8.